The number of nitrogens with two attached hydrogens (primary N) is 1. The van der Waals surface area contributed by atoms with Crippen molar-refractivity contribution in [1.82, 2.24) is 4.90 Å². The van der Waals surface area contributed by atoms with E-state index in [2.05, 4.69) is 5.32 Å². The molecule has 0 bridgehead atoms. The second kappa shape index (κ2) is 7.52. The fourth-order valence-electron chi connectivity index (χ4n) is 1.74. The summed E-state index contributed by atoms with van der Waals surface area (Å²) in [6.07, 6.45) is -5.64. The van der Waals surface area contributed by atoms with Gasteiger partial charge in [0.25, 0.3) is 0 Å². The van der Waals surface area contributed by atoms with Gasteiger partial charge in [0, 0.05) is 13.1 Å². The van der Waals surface area contributed by atoms with Gasteiger partial charge in [0.1, 0.15) is 5.60 Å². The molecule has 1 aromatic carbocycles. The minimum absolute atomic E-state index is 0.0619. The number of imide groups is 1. The molecular formula is C15H20F3N3O3. The Balaban J connectivity index is 3.00. The van der Waals surface area contributed by atoms with E-state index in [0.717, 1.165) is 12.1 Å². The molecule has 0 aliphatic heterocycles. The summed E-state index contributed by atoms with van der Waals surface area (Å²) in [4.78, 5) is 24.9. The quantitative estimate of drug-likeness (QED) is 0.877. The number of halogens is 3. The lowest BCUT2D eigenvalue weighted by Crippen LogP contribution is -2.45. The molecule has 0 spiro atoms. The molecule has 0 radical (unpaired) electrons. The summed E-state index contributed by atoms with van der Waals surface area (Å²) in [5, 5.41) is 2.08. The molecule has 0 saturated heterocycles. The van der Waals surface area contributed by atoms with Crippen molar-refractivity contribution in [2.24, 2.45) is 5.73 Å². The summed E-state index contributed by atoms with van der Waals surface area (Å²) in [5.74, 6) is 0. The maximum absolute atomic E-state index is 13.0. The third kappa shape index (κ3) is 5.73. The van der Waals surface area contributed by atoms with Crippen molar-refractivity contribution in [3.05, 3.63) is 29.8 Å². The van der Waals surface area contributed by atoms with Crippen LogP contribution in [0.1, 0.15) is 26.3 Å². The predicted octanol–water partition coefficient (Wildman–Crippen LogP) is 3.43. The number of amides is 3. The summed E-state index contributed by atoms with van der Waals surface area (Å²) in [6, 6.07) is 3.41. The molecule has 6 nitrogen and oxygen atoms in total. The largest absolute Gasteiger partial charge is 0.443 e. The van der Waals surface area contributed by atoms with Gasteiger partial charge in [-0.3, -0.25) is 0 Å². The topological polar surface area (TPSA) is 84.7 Å². The molecule has 3 amide bonds. The van der Waals surface area contributed by atoms with E-state index in [1.54, 1.807) is 20.8 Å². The van der Waals surface area contributed by atoms with Crippen LogP contribution in [0.3, 0.4) is 0 Å². The number of hydrogen-bond acceptors (Lipinski definition) is 4. The average molecular weight is 347 g/mol. The second-order valence-electron chi connectivity index (χ2n) is 5.89. The predicted molar refractivity (Wildman–Crippen MR) is 82.5 cm³/mol. The highest BCUT2D eigenvalue weighted by Gasteiger charge is 2.34. The number of carbonyl (C=O) groups excluding carboxylic acids is 2. The summed E-state index contributed by atoms with van der Waals surface area (Å²) in [7, 11) is 0. The monoisotopic (exact) mass is 347 g/mol. The zero-order valence-electron chi connectivity index (χ0n) is 13.6. The normalized spacial score (nSPS) is 11.8. The molecule has 0 heterocycles. The van der Waals surface area contributed by atoms with Crippen LogP contribution in [-0.4, -0.2) is 35.7 Å². The number of alkyl halides is 3. The Morgan fingerprint density at radius 3 is 2.29 bits per heavy atom. The number of para-hydroxylation sites is 1. The Hall–Kier alpha value is -2.29. The first-order valence-corrected chi connectivity index (χ1v) is 7.13. The zero-order chi connectivity index (χ0) is 18.5. The van der Waals surface area contributed by atoms with Crippen molar-refractivity contribution in [1.29, 1.82) is 0 Å². The van der Waals surface area contributed by atoms with E-state index >= 15 is 0 Å². The molecule has 1 aromatic rings. The molecule has 0 unspecified atom stereocenters. The molecular weight excluding hydrogens is 327 g/mol. The molecule has 1 rings (SSSR count). The summed E-state index contributed by atoms with van der Waals surface area (Å²) in [5.41, 5.74) is 3.01. The van der Waals surface area contributed by atoms with Crippen LogP contribution in [-0.2, 0) is 10.9 Å². The molecule has 0 saturated carbocycles. The van der Waals surface area contributed by atoms with E-state index < -0.39 is 35.2 Å². The van der Waals surface area contributed by atoms with Crippen molar-refractivity contribution in [3.8, 4) is 0 Å². The minimum Gasteiger partial charge on any atom is -0.443 e. The molecule has 3 N–H and O–H groups in total. The Bertz CT molecular complexity index is 598. The number of nitrogens with one attached hydrogen (secondary N) is 1. The Morgan fingerprint density at radius 2 is 1.79 bits per heavy atom. The van der Waals surface area contributed by atoms with Gasteiger partial charge in [-0.25, -0.2) is 14.5 Å². The summed E-state index contributed by atoms with van der Waals surface area (Å²) in [6.45, 7) is 4.54. The van der Waals surface area contributed by atoms with Crippen molar-refractivity contribution in [2.75, 3.05) is 18.4 Å². The third-order valence-electron chi connectivity index (χ3n) is 2.69. The number of urea groups is 1. The highest BCUT2D eigenvalue weighted by molar-refractivity contribution is 5.99. The molecule has 9 heteroatoms. The van der Waals surface area contributed by atoms with Crippen molar-refractivity contribution < 1.29 is 27.5 Å². The number of nitrogens with zero attached hydrogens (tertiary/aromatic N) is 1. The number of hydrogen-bond donors (Lipinski definition) is 2. The molecule has 0 atom stereocenters. The number of anilines is 1. The lowest BCUT2D eigenvalue weighted by Gasteiger charge is -2.26. The van der Waals surface area contributed by atoms with Gasteiger partial charge in [-0.2, -0.15) is 13.2 Å². The van der Waals surface area contributed by atoms with E-state index in [1.165, 1.54) is 12.1 Å². The maximum Gasteiger partial charge on any atom is 0.418 e. The van der Waals surface area contributed by atoms with Crippen molar-refractivity contribution in [3.63, 3.8) is 0 Å². The smallest absolute Gasteiger partial charge is 0.418 e. The summed E-state index contributed by atoms with van der Waals surface area (Å²) >= 11 is 0. The van der Waals surface area contributed by atoms with E-state index in [0.29, 0.717) is 4.90 Å². The van der Waals surface area contributed by atoms with Gasteiger partial charge in [-0.1, -0.05) is 12.1 Å². The van der Waals surface area contributed by atoms with Crippen molar-refractivity contribution >= 4 is 17.8 Å². The average Bonchev–Trinajstić information content (AvgIpc) is 2.42. The van der Waals surface area contributed by atoms with E-state index in [-0.39, 0.29) is 13.1 Å². The highest BCUT2D eigenvalue weighted by Crippen LogP contribution is 2.34. The molecule has 0 aliphatic rings. The summed E-state index contributed by atoms with van der Waals surface area (Å²) < 4.78 is 43.9. The van der Waals surface area contributed by atoms with E-state index in [4.69, 9.17) is 10.5 Å². The maximum atomic E-state index is 13.0. The van der Waals surface area contributed by atoms with Gasteiger partial charge in [-0.15, -0.1) is 0 Å². The van der Waals surface area contributed by atoms with Gasteiger partial charge in [0.05, 0.1) is 11.3 Å². The van der Waals surface area contributed by atoms with Crippen LogP contribution >= 0.6 is 0 Å². The first-order chi connectivity index (χ1) is 11.0. The SMILES string of the molecule is CC(C)(C)OC(=O)N(CCN)C(=O)Nc1ccccc1C(F)(F)F. The second-order valence-corrected chi connectivity index (χ2v) is 5.89. The van der Waals surface area contributed by atoms with Gasteiger partial charge < -0.3 is 15.8 Å². The van der Waals surface area contributed by atoms with Crippen LogP contribution in [0.5, 0.6) is 0 Å². The molecule has 0 aromatic heterocycles. The Morgan fingerprint density at radius 1 is 1.21 bits per heavy atom. The number of benzene rings is 1. The fraction of sp³-hybridized carbons (Fsp3) is 0.467. The molecule has 0 aliphatic carbocycles. The first-order valence-electron chi connectivity index (χ1n) is 7.13. The Kier molecular flexibility index (Phi) is 6.19. The fourth-order valence-corrected chi connectivity index (χ4v) is 1.74. The van der Waals surface area contributed by atoms with E-state index in [9.17, 15) is 22.8 Å². The number of carbonyl (C=O) groups is 2. The first kappa shape index (κ1) is 19.8. The Labute approximate surface area is 137 Å². The van der Waals surface area contributed by atoms with Gasteiger partial charge in [0.15, 0.2) is 0 Å². The van der Waals surface area contributed by atoms with Gasteiger partial charge in [0.2, 0.25) is 0 Å². The van der Waals surface area contributed by atoms with Gasteiger partial charge >= 0.3 is 18.3 Å². The van der Waals surface area contributed by atoms with Crippen LogP contribution in [0, 0.1) is 0 Å². The molecule has 24 heavy (non-hydrogen) atoms. The zero-order valence-corrected chi connectivity index (χ0v) is 13.6. The third-order valence-corrected chi connectivity index (χ3v) is 2.69. The lowest BCUT2D eigenvalue weighted by atomic mass is 10.1. The molecule has 134 valence electrons. The van der Waals surface area contributed by atoms with Gasteiger partial charge in [-0.05, 0) is 32.9 Å². The van der Waals surface area contributed by atoms with E-state index in [1.807, 2.05) is 0 Å². The van der Waals surface area contributed by atoms with Crippen LogP contribution in [0.15, 0.2) is 24.3 Å². The minimum atomic E-state index is -4.64. The number of rotatable bonds is 3. The molecule has 0 fully saturated rings. The lowest BCUT2D eigenvalue weighted by molar-refractivity contribution is -0.136. The number of ether oxygens (including phenoxy) is 1. The van der Waals surface area contributed by atoms with Crippen LogP contribution in [0.25, 0.3) is 0 Å². The van der Waals surface area contributed by atoms with Crippen molar-refractivity contribution in [2.45, 2.75) is 32.5 Å². The van der Waals surface area contributed by atoms with Crippen LogP contribution < -0.4 is 11.1 Å². The van der Waals surface area contributed by atoms with Crippen LogP contribution in [0.4, 0.5) is 28.4 Å². The van der Waals surface area contributed by atoms with Crippen LogP contribution in [0.2, 0.25) is 0 Å². The standard InChI is InChI=1S/C15H20F3N3O3/c1-14(2,3)24-13(23)21(9-8-19)12(22)20-11-7-5-4-6-10(11)15(16,17)18/h4-7H,8-9,19H2,1-3H3,(H,20,22). The highest BCUT2D eigenvalue weighted by atomic mass is 19.4.